The van der Waals surface area contributed by atoms with Gasteiger partial charge in [0.25, 0.3) is 5.69 Å². The lowest BCUT2D eigenvalue weighted by atomic mass is 10.2. The molecule has 1 heterocycles. The smallest absolute Gasteiger partial charge is 0.410 e. The van der Waals surface area contributed by atoms with E-state index in [0.29, 0.717) is 24.3 Å². The van der Waals surface area contributed by atoms with Crippen molar-refractivity contribution in [3.63, 3.8) is 0 Å². The van der Waals surface area contributed by atoms with E-state index < -0.39 is 22.2 Å². The highest BCUT2D eigenvalue weighted by molar-refractivity contribution is 8.00. The maximum atomic E-state index is 12.5. The molecule has 1 saturated heterocycles. The fraction of sp³-hybridized carbons (Fsp3) is 0.500. The van der Waals surface area contributed by atoms with Gasteiger partial charge in [0, 0.05) is 35.7 Å². The summed E-state index contributed by atoms with van der Waals surface area (Å²) in [4.78, 5) is 47.0. The van der Waals surface area contributed by atoms with Crippen LogP contribution in [-0.2, 0) is 20.9 Å². The predicted octanol–water partition coefficient (Wildman–Crippen LogP) is 1.33. The summed E-state index contributed by atoms with van der Waals surface area (Å²) in [6.45, 7) is 1.92. The number of non-ortho nitro benzene ring substituents is 1. The van der Waals surface area contributed by atoms with Gasteiger partial charge in [0.15, 0.2) is 0 Å². The van der Waals surface area contributed by atoms with Crippen LogP contribution in [0.4, 0.5) is 10.5 Å². The summed E-state index contributed by atoms with van der Waals surface area (Å²) >= 11 is 5.83. The third kappa shape index (κ3) is 7.10. The van der Waals surface area contributed by atoms with Crippen molar-refractivity contribution < 1.29 is 24.0 Å². The molecule has 0 aromatic heterocycles. The van der Waals surface area contributed by atoms with Crippen molar-refractivity contribution >= 4 is 48.0 Å². The number of hydrogen-bond acceptors (Lipinski definition) is 8. The number of carbonyl (C=O) groups excluding carboxylic acids is 3. The van der Waals surface area contributed by atoms with E-state index >= 15 is 0 Å². The number of nitrogens with zero attached hydrogens (tertiary/aromatic N) is 2. The van der Waals surface area contributed by atoms with Crippen molar-refractivity contribution in [3.8, 4) is 0 Å². The average Bonchev–Trinajstić information content (AvgIpc) is 3.09. The van der Waals surface area contributed by atoms with Gasteiger partial charge < -0.3 is 20.7 Å². The van der Waals surface area contributed by atoms with Crippen molar-refractivity contribution in [1.29, 1.82) is 0 Å². The minimum Gasteiger partial charge on any atom is -0.445 e. The van der Waals surface area contributed by atoms with Crippen molar-refractivity contribution in [2.45, 2.75) is 36.5 Å². The van der Waals surface area contributed by atoms with E-state index in [1.807, 2.05) is 0 Å². The van der Waals surface area contributed by atoms with Crippen LogP contribution >= 0.6 is 24.4 Å². The standard InChI is InChI=1S/C18H24N4O6S2/c1-11(17(24)20-7-16(19)23)30-10-14-6-15(29)8-21(14)18(25)28-9-12-2-4-13(5-3-12)22(26)27/h2-5,11,14-15,29H,6-10H2,1H3,(H2,19,23)(H,20,24)/t11?,14-,15-/m0/s1. The third-order valence-electron chi connectivity index (χ3n) is 4.48. The first-order valence-corrected chi connectivity index (χ1v) is 10.8. The molecule has 1 aromatic rings. The number of nitro groups is 1. The molecule has 30 heavy (non-hydrogen) atoms. The summed E-state index contributed by atoms with van der Waals surface area (Å²) < 4.78 is 5.35. The molecule has 2 rings (SSSR count). The van der Waals surface area contributed by atoms with E-state index in [9.17, 15) is 24.5 Å². The molecule has 12 heteroatoms. The van der Waals surface area contributed by atoms with E-state index in [-0.39, 0.29) is 36.0 Å². The molecule has 1 unspecified atom stereocenters. The summed E-state index contributed by atoms with van der Waals surface area (Å²) in [7, 11) is 0. The van der Waals surface area contributed by atoms with Gasteiger partial charge in [-0.3, -0.25) is 19.7 Å². The second-order valence-electron chi connectivity index (χ2n) is 6.83. The highest BCUT2D eigenvalue weighted by atomic mass is 32.2. The number of ether oxygens (including phenoxy) is 1. The van der Waals surface area contributed by atoms with E-state index in [2.05, 4.69) is 17.9 Å². The lowest BCUT2D eigenvalue weighted by Crippen LogP contribution is -2.40. The van der Waals surface area contributed by atoms with E-state index in [1.165, 1.54) is 36.0 Å². The van der Waals surface area contributed by atoms with Crippen LogP contribution in [0.15, 0.2) is 24.3 Å². The van der Waals surface area contributed by atoms with Gasteiger partial charge in [-0.2, -0.15) is 12.6 Å². The molecule has 0 bridgehead atoms. The highest BCUT2D eigenvalue weighted by Crippen LogP contribution is 2.27. The van der Waals surface area contributed by atoms with Gasteiger partial charge in [-0.15, -0.1) is 11.8 Å². The highest BCUT2D eigenvalue weighted by Gasteiger charge is 2.35. The number of nitrogens with two attached hydrogens (primary N) is 1. The second-order valence-corrected chi connectivity index (χ2v) is 8.94. The average molecular weight is 457 g/mol. The summed E-state index contributed by atoms with van der Waals surface area (Å²) in [6, 6.07) is 5.64. The van der Waals surface area contributed by atoms with Crippen molar-refractivity contribution in [2.75, 3.05) is 18.8 Å². The molecule has 3 atom stereocenters. The molecule has 164 valence electrons. The molecule has 0 spiro atoms. The molecule has 3 amide bonds. The molecule has 10 nitrogen and oxygen atoms in total. The molecule has 1 aliphatic heterocycles. The molecule has 1 fully saturated rings. The zero-order valence-corrected chi connectivity index (χ0v) is 18.1. The minimum atomic E-state index is -0.615. The monoisotopic (exact) mass is 456 g/mol. The Hall–Kier alpha value is -2.47. The van der Waals surface area contributed by atoms with E-state index in [4.69, 9.17) is 10.5 Å². The lowest BCUT2D eigenvalue weighted by Gasteiger charge is -2.24. The van der Waals surface area contributed by atoms with Gasteiger partial charge in [-0.05, 0) is 31.0 Å². The Balaban J connectivity index is 1.85. The normalized spacial score (nSPS) is 19.2. The number of thiol groups is 1. The molecular formula is C18H24N4O6S2. The van der Waals surface area contributed by atoms with E-state index in [0.717, 1.165) is 0 Å². The first-order chi connectivity index (χ1) is 14.2. The number of benzene rings is 1. The summed E-state index contributed by atoms with van der Waals surface area (Å²) in [6.07, 6.45) is 0.166. The van der Waals surface area contributed by atoms with Gasteiger partial charge in [-0.1, -0.05) is 0 Å². The van der Waals surface area contributed by atoms with Crippen LogP contribution in [-0.4, -0.2) is 63.1 Å². The molecule has 1 aliphatic rings. The maximum Gasteiger partial charge on any atom is 0.410 e. The summed E-state index contributed by atoms with van der Waals surface area (Å²) in [5.41, 5.74) is 5.62. The van der Waals surface area contributed by atoms with Crippen LogP contribution in [0.5, 0.6) is 0 Å². The summed E-state index contributed by atoms with van der Waals surface area (Å²) in [5, 5.41) is 12.7. The summed E-state index contributed by atoms with van der Waals surface area (Å²) in [5.74, 6) is -0.405. The number of rotatable bonds is 9. The fourth-order valence-corrected chi connectivity index (χ4v) is 4.35. The van der Waals surface area contributed by atoms with Crippen LogP contribution in [0.2, 0.25) is 0 Å². The quantitative estimate of drug-likeness (QED) is 0.289. The van der Waals surface area contributed by atoms with Gasteiger partial charge >= 0.3 is 6.09 Å². The van der Waals surface area contributed by atoms with Gasteiger partial charge in [0.1, 0.15) is 6.61 Å². The Kier molecular flexibility index (Phi) is 8.78. The topological polar surface area (TPSA) is 145 Å². The van der Waals surface area contributed by atoms with E-state index in [1.54, 1.807) is 11.8 Å². The van der Waals surface area contributed by atoms with Crippen LogP contribution in [0.25, 0.3) is 0 Å². The van der Waals surface area contributed by atoms with Gasteiger partial charge in [-0.25, -0.2) is 4.79 Å². The first kappa shape index (κ1) is 23.8. The van der Waals surface area contributed by atoms with Crippen LogP contribution < -0.4 is 11.1 Å². The Bertz CT molecular complexity index is 791. The molecule has 0 aliphatic carbocycles. The Labute approximate surface area is 183 Å². The van der Waals surface area contributed by atoms with Crippen molar-refractivity contribution in [3.05, 3.63) is 39.9 Å². The largest absolute Gasteiger partial charge is 0.445 e. The number of nitro benzene ring substituents is 1. The Morgan fingerprint density at radius 2 is 2.07 bits per heavy atom. The predicted molar refractivity (Wildman–Crippen MR) is 115 cm³/mol. The minimum absolute atomic E-state index is 0.00141. The van der Waals surface area contributed by atoms with Crippen LogP contribution in [0, 0.1) is 10.1 Å². The Morgan fingerprint density at radius 3 is 2.67 bits per heavy atom. The van der Waals surface area contributed by atoms with Crippen molar-refractivity contribution in [1.82, 2.24) is 10.2 Å². The zero-order chi connectivity index (χ0) is 22.3. The van der Waals surface area contributed by atoms with Crippen LogP contribution in [0.1, 0.15) is 18.9 Å². The maximum absolute atomic E-state index is 12.5. The molecule has 3 N–H and O–H groups in total. The van der Waals surface area contributed by atoms with Crippen LogP contribution in [0.3, 0.4) is 0 Å². The van der Waals surface area contributed by atoms with Gasteiger partial charge in [0.05, 0.1) is 16.7 Å². The fourth-order valence-electron chi connectivity index (χ4n) is 2.86. The number of hydrogen-bond donors (Lipinski definition) is 3. The zero-order valence-electron chi connectivity index (χ0n) is 16.4. The molecule has 1 aromatic carbocycles. The molecule has 0 saturated carbocycles. The number of primary amides is 1. The molecular weight excluding hydrogens is 432 g/mol. The first-order valence-electron chi connectivity index (χ1n) is 9.19. The third-order valence-corrected chi connectivity index (χ3v) is 6.15. The number of carbonyl (C=O) groups is 3. The number of thioether (sulfide) groups is 1. The van der Waals surface area contributed by atoms with Gasteiger partial charge in [0.2, 0.25) is 11.8 Å². The SMILES string of the molecule is CC(SC[C@@H]1C[C@H](S)CN1C(=O)OCc1ccc([N+](=O)[O-])cc1)C(=O)NCC(N)=O. The second kappa shape index (κ2) is 11.1. The van der Waals surface area contributed by atoms with Crippen molar-refractivity contribution in [2.24, 2.45) is 5.73 Å². The number of nitrogens with one attached hydrogen (secondary N) is 1. The number of likely N-dealkylation sites (tertiary alicyclic amines) is 1. The Morgan fingerprint density at radius 1 is 1.40 bits per heavy atom. The number of amides is 3. The molecule has 0 radical (unpaired) electrons. The lowest BCUT2D eigenvalue weighted by molar-refractivity contribution is -0.384.